The summed E-state index contributed by atoms with van der Waals surface area (Å²) in [5.74, 6) is -2.89. The number of carboxylic acids is 2. The lowest BCUT2D eigenvalue weighted by atomic mass is 10.0. The van der Waals surface area contributed by atoms with Crippen LogP contribution in [0.25, 0.3) is 11.4 Å². The second-order valence-electron chi connectivity index (χ2n) is 8.07. The highest BCUT2D eigenvalue weighted by Gasteiger charge is 2.35. The molecule has 5 N–H and O–H groups in total. The smallest absolute Gasteiger partial charge is 0.348 e. The monoisotopic (exact) mass is 588 g/mol. The van der Waals surface area contributed by atoms with E-state index in [4.69, 9.17) is 27.9 Å². The van der Waals surface area contributed by atoms with Gasteiger partial charge in [-0.05, 0) is 13.3 Å². The number of hydrogen-bond donors (Lipinski definition) is 5. The van der Waals surface area contributed by atoms with Gasteiger partial charge in [-0.25, -0.2) is 19.6 Å². The number of nitrogens with zero attached hydrogens (tertiary/aromatic N) is 3. The molecule has 1 aliphatic rings. The lowest BCUT2D eigenvalue weighted by Gasteiger charge is -2.37. The summed E-state index contributed by atoms with van der Waals surface area (Å²) < 4.78 is 5.63. The van der Waals surface area contributed by atoms with Crippen molar-refractivity contribution >= 4 is 74.0 Å². The number of hydrogen-bond acceptors (Lipinski definition) is 10. The number of carboxylic acid groups (broad SMARTS) is 2. The van der Waals surface area contributed by atoms with Crippen molar-refractivity contribution in [3.63, 3.8) is 0 Å². The van der Waals surface area contributed by atoms with Gasteiger partial charge >= 0.3 is 11.9 Å². The van der Waals surface area contributed by atoms with E-state index in [0.29, 0.717) is 35.5 Å². The molecule has 3 aromatic rings. The maximum absolute atomic E-state index is 12.8. The number of aromatic nitrogens is 3. The number of thiazole rings is 2. The molecule has 37 heavy (non-hydrogen) atoms. The minimum absolute atomic E-state index is 0.0102. The molecule has 4 rings (SSSR count). The summed E-state index contributed by atoms with van der Waals surface area (Å²) in [4.78, 5) is 49.8. The van der Waals surface area contributed by atoms with E-state index in [1.54, 1.807) is 14.0 Å². The fraction of sp³-hybridized carbons (Fsp3) is 0.381. The first-order chi connectivity index (χ1) is 17.5. The molecular weight excluding hydrogens is 567 g/mol. The largest absolute Gasteiger partial charge is 0.477 e. The van der Waals surface area contributed by atoms with Crippen molar-refractivity contribution in [2.24, 2.45) is 0 Å². The predicted molar refractivity (Wildman–Crippen MR) is 141 cm³/mol. The van der Waals surface area contributed by atoms with Crippen LogP contribution in [-0.2, 0) is 4.74 Å². The summed E-state index contributed by atoms with van der Waals surface area (Å²) in [6.07, 6.45) is 0.0153. The van der Waals surface area contributed by atoms with Gasteiger partial charge in [0.2, 0.25) is 0 Å². The van der Waals surface area contributed by atoms with Gasteiger partial charge in [-0.3, -0.25) is 4.79 Å². The summed E-state index contributed by atoms with van der Waals surface area (Å²) in [5, 5.41) is 26.2. The molecule has 3 aromatic heterocycles. The van der Waals surface area contributed by atoms with Crippen LogP contribution in [0.4, 0.5) is 10.3 Å². The van der Waals surface area contributed by atoms with Crippen molar-refractivity contribution in [2.45, 2.75) is 25.5 Å². The molecule has 4 heterocycles. The number of methoxy groups -OCH3 is 1. The SMILES string of the molecule is CNc1nc(-c2nc(N3CC[C@@H](NC(=O)c4[nH]c(C)c(Cl)c4Cl)[C@@H](OC)C3)sc2C(=O)O)c(C(=O)O)s1. The Morgan fingerprint density at radius 1 is 1.11 bits per heavy atom. The van der Waals surface area contributed by atoms with Crippen molar-refractivity contribution in [3.05, 3.63) is 31.2 Å². The van der Waals surface area contributed by atoms with E-state index >= 15 is 0 Å². The third-order valence-electron chi connectivity index (χ3n) is 5.80. The van der Waals surface area contributed by atoms with Crippen LogP contribution in [0.1, 0.15) is 41.9 Å². The summed E-state index contributed by atoms with van der Waals surface area (Å²) in [6.45, 7) is 2.44. The van der Waals surface area contributed by atoms with Gasteiger partial charge in [0, 0.05) is 32.9 Å². The molecule has 12 nitrogen and oxygen atoms in total. The molecule has 1 fully saturated rings. The summed E-state index contributed by atoms with van der Waals surface area (Å²) in [5.41, 5.74) is 0.719. The molecule has 0 bridgehead atoms. The molecular formula is C21H22Cl2N6O6S2. The Balaban J connectivity index is 1.57. The van der Waals surface area contributed by atoms with Gasteiger partial charge in [0.05, 0.1) is 22.2 Å². The van der Waals surface area contributed by atoms with E-state index in [-0.39, 0.29) is 42.9 Å². The van der Waals surface area contributed by atoms with Crippen molar-refractivity contribution in [3.8, 4) is 11.4 Å². The molecule has 198 valence electrons. The number of piperidine rings is 1. The number of aryl methyl sites for hydroxylation is 1. The highest BCUT2D eigenvalue weighted by Crippen LogP contribution is 2.38. The van der Waals surface area contributed by atoms with Crippen LogP contribution in [0.3, 0.4) is 0 Å². The molecule has 16 heteroatoms. The van der Waals surface area contributed by atoms with Crippen LogP contribution in [-0.4, -0.2) is 82.4 Å². The number of anilines is 2. The van der Waals surface area contributed by atoms with Crippen molar-refractivity contribution < 1.29 is 29.3 Å². The number of amides is 1. The fourth-order valence-electron chi connectivity index (χ4n) is 3.94. The number of carbonyl (C=O) groups is 3. The fourth-order valence-corrected chi connectivity index (χ4v) is 6.06. The van der Waals surface area contributed by atoms with Gasteiger partial charge in [-0.15, -0.1) is 0 Å². The molecule has 0 aliphatic carbocycles. The van der Waals surface area contributed by atoms with Crippen LogP contribution >= 0.6 is 45.9 Å². The van der Waals surface area contributed by atoms with E-state index in [1.807, 2.05) is 4.90 Å². The third kappa shape index (κ3) is 5.25. The average Bonchev–Trinajstić information content (AvgIpc) is 3.56. The average molecular weight is 589 g/mol. The second kappa shape index (κ2) is 10.8. The maximum Gasteiger partial charge on any atom is 0.348 e. The highest BCUT2D eigenvalue weighted by molar-refractivity contribution is 7.18. The summed E-state index contributed by atoms with van der Waals surface area (Å²) >= 11 is 14.1. The van der Waals surface area contributed by atoms with E-state index in [2.05, 4.69) is 25.6 Å². The highest BCUT2D eigenvalue weighted by atomic mass is 35.5. The molecule has 2 atom stereocenters. The van der Waals surface area contributed by atoms with Gasteiger partial charge in [0.1, 0.15) is 26.8 Å². The second-order valence-corrected chi connectivity index (χ2v) is 10.8. The Morgan fingerprint density at radius 3 is 2.32 bits per heavy atom. The number of ether oxygens (including phenoxy) is 1. The Bertz CT molecular complexity index is 1370. The minimum atomic E-state index is -1.24. The Kier molecular flexibility index (Phi) is 7.94. The zero-order chi connectivity index (χ0) is 27.0. The zero-order valence-electron chi connectivity index (χ0n) is 19.7. The van der Waals surface area contributed by atoms with E-state index in [0.717, 1.165) is 22.7 Å². The van der Waals surface area contributed by atoms with E-state index in [9.17, 15) is 24.6 Å². The third-order valence-corrected chi connectivity index (χ3v) is 8.91. The van der Waals surface area contributed by atoms with Crippen LogP contribution in [0, 0.1) is 6.92 Å². The first kappa shape index (κ1) is 27.1. The van der Waals surface area contributed by atoms with Gasteiger partial charge in [-0.1, -0.05) is 45.9 Å². The lowest BCUT2D eigenvalue weighted by molar-refractivity contribution is 0.0540. The molecule has 0 aromatic carbocycles. The number of H-pyrrole nitrogens is 1. The number of nitrogens with one attached hydrogen (secondary N) is 3. The van der Waals surface area contributed by atoms with Crippen molar-refractivity contribution in [1.29, 1.82) is 0 Å². The number of rotatable bonds is 8. The normalized spacial score (nSPS) is 17.6. The summed E-state index contributed by atoms with van der Waals surface area (Å²) in [6, 6.07) is -0.360. The Labute approximate surface area is 228 Å². The maximum atomic E-state index is 12.8. The standard InChI is InChI=1S/C21H22Cl2N6O6S2/c1-7-10(22)11(23)12(25-7)17(30)26-8-4-5-29(6-9(8)35-3)21-28-14(16(37-21)19(33)34)13-15(18(31)32)36-20(24-2)27-13/h8-9,25H,4-6H2,1-3H3,(H,24,27)(H,26,30)(H,31,32)(H,33,34)/t8-,9+/m1/s1. The van der Waals surface area contributed by atoms with Crippen LogP contribution < -0.4 is 15.5 Å². The summed E-state index contributed by atoms with van der Waals surface area (Å²) in [7, 11) is 3.10. The topological polar surface area (TPSA) is 170 Å². The number of aromatic amines is 1. The molecule has 0 radical (unpaired) electrons. The predicted octanol–water partition coefficient (Wildman–Crippen LogP) is 3.67. The molecule has 0 saturated carbocycles. The van der Waals surface area contributed by atoms with E-state index < -0.39 is 23.9 Å². The van der Waals surface area contributed by atoms with Gasteiger partial charge < -0.3 is 35.5 Å². The first-order valence-electron chi connectivity index (χ1n) is 10.8. The molecule has 1 amide bonds. The Hall–Kier alpha value is -2.91. The quantitative estimate of drug-likeness (QED) is 0.261. The number of carbonyl (C=O) groups excluding carboxylic acids is 1. The van der Waals surface area contributed by atoms with Crippen LogP contribution in [0.2, 0.25) is 10.0 Å². The number of halogens is 2. The van der Waals surface area contributed by atoms with Gasteiger partial charge in [-0.2, -0.15) is 0 Å². The number of aromatic carboxylic acids is 2. The van der Waals surface area contributed by atoms with Crippen LogP contribution in [0.5, 0.6) is 0 Å². The first-order valence-corrected chi connectivity index (χ1v) is 13.2. The van der Waals surface area contributed by atoms with Crippen LogP contribution in [0.15, 0.2) is 0 Å². The molecule has 0 spiro atoms. The van der Waals surface area contributed by atoms with Crippen molar-refractivity contribution in [2.75, 3.05) is 37.5 Å². The van der Waals surface area contributed by atoms with Gasteiger partial charge in [0.15, 0.2) is 10.3 Å². The van der Waals surface area contributed by atoms with Crippen molar-refractivity contribution in [1.82, 2.24) is 20.3 Å². The van der Waals surface area contributed by atoms with E-state index in [1.165, 1.54) is 7.11 Å². The minimum Gasteiger partial charge on any atom is -0.477 e. The lowest BCUT2D eigenvalue weighted by Crippen LogP contribution is -2.55. The molecule has 0 unspecified atom stereocenters. The zero-order valence-corrected chi connectivity index (χ0v) is 22.9. The Morgan fingerprint density at radius 2 is 1.76 bits per heavy atom. The van der Waals surface area contributed by atoms with Gasteiger partial charge in [0.25, 0.3) is 5.91 Å². The molecule has 1 saturated heterocycles. The molecule has 1 aliphatic heterocycles.